The molecule has 5 rings (SSSR count). The molecule has 1 saturated heterocycles. The molecule has 8 N–H and O–H groups in total. The zero-order valence-electron chi connectivity index (χ0n) is 23.4. The van der Waals surface area contributed by atoms with Crippen molar-refractivity contribution in [3.05, 3.63) is 76.0 Å². The molecule has 14 nitrogen and oxygen atoms in total. The van der Waals surface area contributed by atoms with Crippen LogP contribution in [0.4, 0.5) is 0 Å². The summed E-state index contributed by atoms with van der Waals surface area (Å²) in [7, 11) is 1.34. The molecule has 0 radical (unpaired) electrons. The van der Waals surface area contributed by atoms with Gasteiger partial charge in [-0.25, -0.2) is 4.79 Å². The highest BCUT2D eigenvalue weighted by atomic mass is 16.6. The number of carbonyl (C=O) groups excluding carboxylic acids is 1. The van der Waals surface area contributed by atoms with E-state index in [9.17, 15) is 50.4 Å². The lowest BCUT2D eigenvalue weighted by atomic mass is 9.89. The first-order chi connectivity index (χ1) is 21.4. The Morgan fingerprint density at radius 3 is 2.31 bits per heavy atom. The Morgan fingerprint density at radius 2 is 1.62 bits per heavy atom. The summed E-state index contributed by atoms with van der Waals surface area (Å²) in [6, 6.07) is 9.61. The molecule has 0 bridgehead atoms. The van der Waals surface area contributed by atoms with Crippen molar-refractivity contribution in [1.29, 1.82) is 0 Å². The average Bonchev–Trinajstić information content (AvgIpc) is 3.00. The van der Waals surface area contributed by atoms with Crippen molar-refractivity contribution in [3.63, 3.8) is 0 Å². The first-order valence-corrected chi connectivity index (χ1v) is 13.4. The zero-order valence-corrected chi connectivity index (χ0v) is 23.4. The Kier molecular flexibility index (Phi) is 8.57. The number of aliphatic hydroxyl groups is 3. The smallest absolute Gasteiger partial charge is 0.331 e. The van der Waals surface area contributed by atoms with Crippen LogP contribution >= 0.6 is 0 Å². The SMILES string of the molecule is COc1cc(/C=C/C(=O)O[C@@H]2[C@@H](O)[C@H](O)[C@@H](CO)O[C@H]2c2c(O)cc(O)c3c(=O)cc(-c4ccc(O)c(O)c4)oc23)ccc1O. The number of phenols is 5. The lowest BCUT2D eigenvalue weighted by Gasteiger charge is -2.41. The number of aliphatic hydroxyl groups excluding tert-OH is 3. The number of carbonyl (C=O) groups is 1. The highest BCUT2D eigenvalue weighted by Crippen LogP contribution is 2.45. The van der Waals surface area contributed by atoms with Gasteiger partial charge in [0.1, 0.15) is 47.1 Å². The van der Waals surface area contributed by atoms with E-state index in [-0.39, 0.29) is 28.4 Å². The van der Waals surface area contributed by atoms with Gasteiger partial charge in [0, 0.05) is 23.8 Å². The second-order valence-electron chi connectivity index (χ2n) is 10.1. The Hall–Kier alpha value is -5.28. The molecule has 1 fully saturated rings. The molecular weight excluding hydrogens is 596 g/mol. The number of aromatic hydroxyl groups is 5. The van der Waals surface area contributed by atoms with Crippen LogP contribution in [0.3, 0.4) is 0 Å². The molecule has 1 aliphatic rings. The minimum Gasteiger partial charge on any atom is -0.507 e. The van der Waals surface area contributed by atoms with Crippen LogP contribution in [-0.2, 0) is 14.3 Å². The predicted molar refractivity (Wildman–Crippen MR) is 155 cm³/mol. The van der Waals surface area contributed by atoms with E-state index in [0.717, 1.165) is 30.3 Å². The van der Waals surface area contributed by atoms with Crippen LogP contribution in [0.15, 0.2) is 63.8 Å². The van der Waals surface area contributed by atoms with E-state index in [0.29, 0.717) is 5.56 Å². The van der Waals surface area contributed by atoms with E-state index in [4.69, 9.17) is 18.6 Å². The molecule has 236 valence electrons. The van der Waals surface area contributed by atoms with Gasteiger partial charge in [-0.1, -0.05) is 6.07 Å². The van der Waals surface area contributed by atoms with Crippen molar-refractivity contribution >= 4 is 23.0 Å². The van der Waals surface area contributed by atoms with Gasteiger partial charge in [0.15, 0.2) is 40.1 Å². The summed E-state index contributed by atoms with van der Waals surface area (Å²) in [6.45, 7) is -0.809. The van der Waals surface area contributed by atoms with Gasteiger partial charge < -0.3 is 59.5 Å². The van der Waals surface area contributed by atoms with Gasteiger partial charge >= 0.3 is 5.97 Å². The monoisotopic (exact) mass is 624 g/mol. The molecule has 0 saturated carbocycles. The third kappa shape index (κ3) is 5.94. The number of fused-ring (bicyclic) bond motifs is 1. The minimum absolute atomic E-state index is 0.116. The number of rotatable bonds is 7. The highest BCUT2D eigenvalue weighted by Gasteiger charge is 2.49. The zero-order chi connectivity index (χ0) is 32.6. The van der Waals surface area contributed by atoms with Crippen LogP contribution in [0.1, 0.15) is 17.2 Å². The van der Waals surface area contributed by atoms with Gasteiger partial charge in [-0.3, -0.25) is 4.79 Å². The van der Waals surface area contributed by atoms with Gasteiger partial charge in [-0.2, -0.15) is 0 Å². The van der Waals surface area contributed by atoms with Crippen molar-refractivity contribution in [1.82, 2.24) is 0 Å². The summed E-state index contributed by atoms with van der Waals surface area (Å²) in [5.41, 5.74) is -1.09. The molecule has 1 aliphatic heterocycles. The van der Waals surface area contributed by atoms with Crippen molar-refractivity contribution in [2.45, 2.75) is 30.5 Å². The van der Waals surface area contributed by atoms with E-state index in [1.54, 1.807) is 0 Å². The van der Waals surface area contributed by atoms with Crippen molar-refractivity contribution in [2.75, 3.05) is 13.7 Å². The van der Waals surface area contributed by atoms with Crippen molar-refractivity contribution in [3.8, 4) is 45.8 Å². The van der Waals surface area contributed by atoms with Crippen LogP contribution < -0.4 is 10.2 Å². The number of hydrogen-bond donors (Lipinski definition) is 8. The molecule has 1 aromatic heterocycles. The summed E-state index contributed by atoms with van der Waals surface area (Å²) in [6.07, 6.45) is -6.26. The number of benzene rings is 3. The fourth-order valence-electron chi connectivity index (χ4n) is 5.01. The summed E-state index contributed by atoms with van der Waals surface area (Å²) in [5, 5.41) is 82.0. The van der Waals surface area contributed by atoms with E-state index < -0.39 is 82.5 Å². The molecule has 3 aromatic carbocycles. The van der Waals surface area contributed by atoms with Crippen LogP contribution in [0.25, 0.3) is 28.4 Å². The van der Waals surface area contributed by atoms with E-state index in [2.05, 4.69) is 0 Å². The number of methoxy groups -OCH3 is 1. The maximum Gasteiger partial charge on any atom is 0.331 e. The van der Waals surface area contributed by atoms with Crippen LogP contribution in [-0.4, -0.2) is 85.0 Å². The Labute approximate surface area is 253 Å². The first-order valence-electron chi connectivity index (χ1n) is 13.4. The maximum atomic E-state index is 13.2. The van der Waals surface area contributed by atoms with Crippen molar-refractivity contribution in [2.24, 2.45) is 0 Å². The molecule has 4 aromatic rings. The fourth-order valence-corrected chi connectivity index (χ4v) is 5.01. The molecular formula is C31H28O14. The normalized spacial score (nSPS) is 21.6. The number of ether oxygens (including phenoxy) is 3. The highest BCUT2D eigenvalue weighted by molar-refractivity contribution is 5.90. The second kappa shape index (κ2) is 12.4. The lowest BCUT2D eigenvalue weighted by Crippen LogP contribution is -2.56. The quantitative estimate of drug-likeness (QED) is 0.0831. The van der Waals surface area contributed by atoms with E-state index in [1.165, 1.54) is 37.5 Å². The second-order valence-corrected chi connectivity index (χ2v) is 10.1. The minimum atomic E-state index is -1.89. The standard InChI is InChI=1S/C31H28O14/c1-42-22-8-13(2-5-16(22)34)3-7-24(39)45-31-28(41)27(40)23(12-32)44-30(31)26-19(37)10-18(36)25-20(38)11-21(43-29(25)26)14-4-6-15(33)17(35)9-14/h2-11,23,27-28,30-37,40-41H,12H2,1H3/b7-3+/t23-,27-,28+,30+,31-/m1/s1. The molecule has 14 heteroatoms. The fraction of sp³-hybridized carbons (Fsp3) is 0.226. The van der Waals surface area contributed by atoms with Crippen LogP contribution in [0.2, 0.25) is 0 Å². The van der Waals surface area contributed by atoms with Gasteiger partial charge in [0.05, 0.1) is 19.3 Å². The summed E-state index contributed by atoms with van der Waals surface area (Å²) >= 11 is 0. The molecule has 0 spiro atoms. The van der Waals surface area contributed by atoms with Crippen molar-refractivity contribution < 1.29 is 64.3 Å². The molecule has 0 amide bonds. The largest absolute Gasteiger partial charge is 0.507 e. The number of phenolic OH excluding ortho intramolecular Hbond substituents is 5. The summed E-state index contributed by atoms with van der Waals surface area (Å²) in [4.78, 5) is 26.1. The molecule has 5 atom stereocenters. The Morgan fingerprint density at radius 1 is 0.889 bits per heavy atom. The van der Waals surface area contributed by atoms with Gasteiger partial charge in [0.25, 0.3) is 0 Å². The molecule has 2 heterocycles. The Balaban J connectivity index is 1.60. The number of hydrogen-bond acceptors (Lipinski definition) is 14. The van der Waals surface area contributed by atoms with Gasteiger partial charge in [-0.05, 0) is 42.0 Å². The van der Waals surface area contributed by atoms with Crippen LogP contribution in [0.5, 0.6) is 34.5 Å². The van der Waals surface area contributed by atoms with Gasteiger partial charge in [0.2, 0.25) is 0 Å². The van der Waals surface area contributed by atoms with Gasteiger partial charge in [-0.15, -0.1) is 0 Å². The third-order valence-electron chi connectivity index (χ3n) is 7.28. The molecule has 0 unspecified atom stereocenters. The lowest BCUT2D eigenvalue weighted by molar-refractivity contribution is -0.239. The topological polar surface area (TPSA) is 237 Å². The number of esters is 1. The summed E-state index contributed by atoms with van der Waals surface area (Å²) in [5.74, 6) is -3.59. The van der Waals surface area contributed by atoms with E-state index >= 15 is 0 Å². The molecule has 45 heavy (non-hydrogen) atoms. The summed E-state index contributed by atoms with van der Waals surface area (Å²) < 4.78 is 22.2. The maximum absolute atomic E-state index is 13.2. The Bertz CT molecular complexity index is 1840. The van der Waals surface area contributed by atoms with Crippen LogP contribution in [0, 0.1) is 0 Å². The predicted octanol–water partition coefficient (Wildman–Crippen LogP) is 1.78. The molecule has 0 aliphatic carbocycles. The third-order valence-corrected chi connectivity index (χ3v) is 7.28. The first kappa shape index (κ1) is 31.2. The van der Waals surface area contributed by atoms with E-state index in [1.807, 2.05) is 0 Å². The average molecular weight is 625 g/mol.